The molecule has 8 nitrogen and oxygen atoms in total. The van der Waals surface area contributed by atoms with E-state index in [9.17, 15) is 9.59 Å². The number of anilines is 1. The van der Waals surface area contributed by atoms with Crippen molar-refractivity contribution in [1.29, 1.82) is 0 Å². The third-order valence-corrected chi connectivity index (χ3v) is 4.57. The number of carbonyl (C=O) groups excluding carboxylic acids is 1. The maximum atomic E-state index is 13.2. The van der Waals surface area contributed by atoms with Crippen molar-refractivity contribution in [2.75, 3.05) is 18.5 Å². The van der Waals surface area contributed by atoms with Crippen LogP contribution in [0.1, 0.15) is 25.2 Å². The summed E-state index contributed by atoms with van der Waals surface area (Å²) in [6, 6.07) is 10.9. The third kappa shape index (κ3) is 4.56. The number of aliphatic hydroxyl groups is 1. The molecule has 0 aliphatic heterocycles. The smallest absolute Gasteiger partial charge is 0.319 e. The predicted molar refractivity (Wildman–Crippen MR) is 114 cm³/mol. The Morgan fingerprint density at radius 2 is 2.07 bits per heavy atom. The van der Waals surface area contributed by atoms with Crippen LogP contribution in [0.2, 0.25) is 5.02 Å². The van der Waals surface area contributed by atoms with Crippen molar-refractivity contribution in [1.82, 2.24) is 14.9 Å². The molecule has 3 aromatic rings. The molecule has 9 heteroatoms. The van der Waals surface area contributed by atoms with Crippen molar-refractivity contribution in [2.45, 2.75) is 19.4 Å². The lowest BCUT2D eigenvalue weighted by Gasteiger charge is -2.17. The molecule has 0 aliphatic carbocycles. The molecule has 0 saturated carbocycles. The number of nitrogens with one attached hydrogen (secondary N) is 2. The lowest BCUT2D eigenvalue weighted by Crippen LogP contribution is -2.30. The van der Waals surface area contributed by atoms with E-state index in [0.717, 1.165) is 0 Å². The highest BCUT2D eigenvalue weighted by Crippen LogP contribution is 2.23. The zero-order chi connectivity index (χ0) is 21.0. The summed E-state index contributed by atoms with van der Waals surface area (Å²) >= 11 is 6.22. The highest BCUT2D eigenvalue weighted by molar-refractivity contribution is 6.35. The van der Waals surface area contributed by atoms with Crippen molar-refractivity contribution in [3.8, 4) is 5.69 Å². The SMILES string of the molecule is CC(N)c1nc2c(Cl)cccc2c(=O)n1-c1cccc(NC(=O)NCCCO)c1. The van der Waals surface area contributed by atoms with E-state index < -0.39 is 12.1 Å². The number of halogens is 1. The zero-order valence-electron chi connectivity index (χ0n) is 15.9. The van der Waals surface area contributed by atoms with E-state index >= 15 is 0 Å². The summed E-state index contributed by atoms with van der Waals surface area (Å²) in [6.07, 6.45) is 0.464. The second kappa shape index (κ2) is 9.04. The molecule has 2 amide bonds. The third-order valence-electron chi connectivity index (χ3n) is 4.27. The minimum absolute atomic E-state index is 0.00227. The number of carbonyl (C=O) groups is 1. The molecule has 2 aromatic carbocycles. The van der Waals surface area contributed by atoms with E-state index in [1.54, 1.807) is 49.4 Å². The number of aliphatic hydroxyl groups excluding tert-OH is 1. The number of para-hydroxylation sites is 1. The lowest BCUT2D eigenvalue weighted by atomic mass is 10.2. The first kappa shape index (κ1) is 20.8. The van der Waals surface area contributed by atoms with E-state index in [1.165, 1.54) is 4.57 Å². The Hall–Kier alpha value is -2.94. The van der Waals surface area contributed by atoms with Crippen molar-refractivity contribution < 1.29 is 9.90 Å². The standard InChI is InChI=1S/C20H22ClN5O3/c1-12(22)18-25-17-15(7-3-8-16(17)21)19(28)26(18)14-6-2-5-13(11-14)24-20(29)23-9-4-10-27/h2-3,5-8,11-12,27H,4,9-10,22H2,1H3,(H2,23,24,29). The molecule has 5 N–H and O–H groups in total. The molecule has 0 saturated heterocycles. The van der Waals surface area contributed by atoms with Gasteiger partial charge in [-0.15, -0.1) is 0 Å². The van der Waals surface area contributed by atoms with E-state index in [4.69, 9.17) is 22.4 Å². The molecule has 29 heavy (non-hydrogen) atoms. The fourth-order valence-corrected chi connectivity index (χ4v) is 3.14. The highest BCUT2D eigenvalue weighted by Gasteiger charge is 2.17. The molecule has 0 fully saturated rings. The van der Waals surface area contributed by atoms with Crippen LogP contribution < -0.4 is 21.9 Å². The van der Waals surface area contributed by atoms with Crippen LogP contribution in [0.15, 0.2) is 47.3 Å². The number of hydrogen-bond donors (Lipinski definition) is 4. The van der Waals surface area contributed by atoms with Gasteiger partial charge in [-0.05, 0) is 43.7 Å². The van der Waals surface area contributed by atoms with Gasteiger partial charge in [0.2, 0.25) is 0 Å². The number of amides is 2. The molecule has 3 rings (SSSR count). The van der Waals surface area contributed by atoms with Crippen LogP contribution in [0.25, 0.3) is 16.6 Å². The Balaban J connectivity index is 2.04. The Bertz CT molecular complexity index is 1100. The molecule has 1 unspecified atom stereocenters. The number of fused-ring (bicyclic) bond motifs is 1. The summed E-state index contributed by atoms with van der Waals surface area (Å²) in [7, 11) is 0. The van der Waals surface area contributed by atoms with Crippen molar-refractivity contribution in [3.05, 3.63) is 63.7 Å². The first-order valence-electron chi connectivity index (χ1n) is 9.15. The number of aromatic nitrogens is 2. The minimum Gasteiger partial charge on any atom is -0.396 e. The van der Waals surface area contributed by atoms with Gasteiger partial charge in [0.25, 0.3) is 5.56 Å². The van der Waals surface area contributed by atoms with Crippen LogP contribution in [0.3, 0.4) is 0 Å². The first-order chi connectivity index (χ1) is 13.9. The molecule has 1 heterocycles. The molecule has 0 radical (unpaired) electrons. The minimum atomic E-state index is -0.526. The molecule has 1 aromatic heterocycles. The number of nitrogens with zero attached hydrogens (tertiary/aromatic N) is 2. The lowest BCUT2D eigenvalue weighted by molar-refractivity contribution is 0.249. The topological polar surface area (TPSA) is 122 Å². The Morgan fingerprint density at radius 3 is 2.79 bits per heavy atom. The van der Waals surface area contributed by atoms with E-state index in [-0.39, 0.29) is 12.2 Å². The van der Waals surface area contributed by atoms with Crippen LogP contribution in [0, 0.1) is 0 Å². The summed E-state index contributed by atoms with van der Waals surface area (Å²) < 4.78 is 1.43. The summed E-state index contributed by atoms with van der Waals surface area (Å²) in [4.78, 5) is 29.7. The number of hydrogen-bond acceptors (Lipinski definition) is 5. The van der Waals surface area contributed by atoms with Gasteiger partial charge in [-0.25, -0.2) is 9.78 Å². The fraction of sp³-hybridized carbons (Fsp3) is 0.250. The average molecular weight is 416 g/mol. The van der Waals surface area contributed by atoms with Gasteiger partial charge < -0.3 is 21.5 Å². The van der Waals surface area contributed by atoms with Crippen molar-refractivity contribution in [2.24, 2.45) is 5.73 Å². The van der Waals surface area contributed by atoms with Crippen LogP contribution >= 0.6 is 11.6 Å². The van der Waals surface area contributed by atoms with Crippen LogP contribution in [-0.2, 0) is 0 Å². The maximum absolute atomic E-state index is 13.2. The number of benzene rings is 2. The summed E-state index contributed by atoms with van der Waals surface area (Å²) in [5.74, 6) is 0.361. The zero-order valence-corrected chi connectivity index (χ0v) is 16.6. The second-order valence-electron chi connectivity index (χ2n) is 6.54. The van der Waals surface area contributed by atoms with Crippen LogP contribution in [0.5, 0.6) is 0 Å². The van der Waals surface area contributed by atoms with E-state index in [0.29, 0.717) is 46.1 Å². The predicted octanol–water partition coefficient (Wildman–Crippen LogP) is 2.56. The van der Waals surface area contributed by atoms with E-state index in [1.807, 2.05) is 0 Å². The molecule has 1 atom stereocenters. The van der Waals surface area contributed by atoms with Gasteiger partial charge in [-0.3, -0.25) is 9.36 Å². The Morgan fingerprint density at radius 1 is 1.31 bits per heavy atom. The van der Waals surface area contributed by atoms with Gasteiger partial charge in [-0.1, -0.05) is 23.7 Å². The van der Waals surface area contributed by atoms with Crippen LogP contribution in [-0.4, -0.2) is 33.8 Å². The summed E-state index contributed by atoms with van der Waals surface area (Å²) in [6.45, 7) is 2.08. The second-order valence-corrected chi connectivity index (χ2v) is 6.95. The van der Waals surface area contributed by atoms with Gasteiger partial charge in [0, 0.05) is 18.8 Å². The molecule has 0 aliphatic rings. The van der Waals surface area contributed by atoms with Gasteiger partial charge in [-0.2, -0.15) is 0 Å². The Kier molecular flexibility index (Phi) is 6.48. The number of nitrogens with two attached hydrogens (primary N) is 1. The first-order valence-corrected chi connectivity index (χ1v) is 9.53. The molecule has 0 bridgehead atoms. The van der Waals surface area contributed by atoms with Crippen molar-refractivity contribution >= 4 is 34.2 Å². The van der Waals surface area contributed by atoms with Crippen LogP contribution in [0.4, 0.5) is 10.5 Å². The van der Waals surface area contributed by atoms with Gasteiger partial charge >= 0.3 is 6.03 Å². The fourth-order valence-electron chi connectivity index (χ4n) is 2.92. The Labute approximate surface area is 172 Å². The van der Waals surface area contributed by atoms with Crippen molar-refractivity contribution in [3.63, 3.8) is 0 Å². The van der Waals surface area contributed by atoms with Gasteiger partial charge in [0.1, 0.15) is 5.82 Å². The number of rotatable bonds is 6. The average Bonchev–Trinajstić information content (AvgIpc) is 2.69. The molecular weight excluding hydrogens is 394 g/mol. The largest absolute Gasteiger partial charge is 0.396 e. The summed E-state index contributed by atoms with van der Waals surface area (Å²) in [5.41, 5.74) is 7.21. The quantitative estimate of drug-likeness (QED) is 0.461. The van der Waals surface area contributed by atoms with Gasteiger partial charge in [0.05, 0.1) is 27.7 Å². The van der Waals surface area contributed by atoms with Gasteiger partial charge in [0.15, 0.2) is 0 Å². The monoisotopic (exact) mass is 415 g/mol. The maximum Gasteiger partial charge on any atom is 0.319 e. The number of urea groups is 1. The molecular formula is C20H22ClN5O3. The molecule has 152 valence electrons. The molecule has 0 spiro atoms. The summed E-state index contributed by atoms with van der Waals surface area (Å²) in [5, 5.41) is 14.9. The highest BCUT2D eigenvalue weighted by atomic mass is 35.5. The van der Waals surface area contributed by atoms with E-state index in [2.05, 4.69) is 15.6 Å². The normalized spacial score (nSPS) is 12.0.